The number of hydrogen-bond donors (Lipinski definition) is 1. The number of ether oxygens (including phenoxy) is 1. The SMILES string of the molecule is CCN(C(C)c1cccs1)C1COCC1C(=O)O. The van der Waals surface area contributed by atoms with Gasteiger partial charge >= 0.3 is 5.97 Å². The Kier molecular flexibility index (Phi) is 4.37. The van der Waals surface area contributed by atoms with Gasteiger partial charge in [0, 0.05) is 17.0 Å². The van der Waals surface area contributed by atoms with Gasteiger partial charge in [0.25, 0.3) is 0 Å². The molecule has 0 aliphatic carbocycles. The van der Waals surface area contributed by atoms with Gasteiger partial charge in [0.15, 0.2) is 0 Å². The molecule has 18 heavy (non-hydrogen) atoms. The largest absolute Gasteiger partial charge is 0.481 e. The van der Waals surface area contributed by atoms with Crippen LogP contribution in [-0.2, 0) is 9.53 Å². The van der Waals surface area contributed by atoms with Crippen molar-refractivity contribution in [2.45, 2.75) is 25.9 Å². The van der Waals surface area contributed by atoms with Crippen LogP contribution in [-0.4, -0.2) is 41.8 Å². The molecule has 1 aromatic heterocycles. The van der Waals surface area contributed by atoms with Crippen molar-refractivity contribution in [2.24, 2.45) is 5.92 Å². The number of thiophene rings is 1. The first-order valence-electron chi connectivity index (χ1n) is 6.24. The Morgan fingerprint density at radius 3 is 3.00 bits per heavy atom. The molecule has 0 bridgehead atoms. The van der Waals surface area contributed by atoms with Gasteiger partial charge < -0.3 is 9.84 Å². The van der Waals surface area contributed by atoms with Gasteiger partial charge in [-0.2, -0.15) is 0 Å². The van der Waals surface area contributed by atoms with Crippen LogP contribution in [0.1, 0.15) is 24.8 Å². The van der Waals surface area contributed by atoms with Gasteiger partial charge in [0.2, 0.25) is 0 Å². The van der Waals surface area contributed by atoms with Gasteiger partial charge in [-0.15, -0.1) is 11.3 Å². The lowest BCUT2D eigenvalue weighted by atomic mass is 10.0. The number of carboxylic acid groups (broad SMARTS) is 1. The molecule has 0 saturated carbocycles. The molecule has 0 spiro atoms. The lowest BCUT2D eigenvalue weighted by Crippen LogP contribution is -2.44. The zero-order valence-electron chi connectivity index (χ0n) is 10.7. The van der Waals surface area contributed by atoms with E-state index >= 15 is 0 Å². The highest BCUT2D eigenvalue weighted by Gasteiger charge is 2.39. The number of carbonyl (C=O) groups is 1. The average Bonchev–Trinajstić information content (AvgIpc) is 3.00. The molecule has 1 N–H and O–H groups in total. The van der Waals surface area contributed by atoms with Crippen molar-refractivity contribution in [3.8, 4) is 0 Å². The number of hydrogen-bond acceptors (Lipinski definition) is 4. The predicted molar refractivity (Wildman–Crippen MR) is 70.8 cm³/mol. The summed E-state index contributed by atoms with van der Waals surface area (Å²) in [7, 11) is 0. The van der Waals surface area contributed by atoms with E-state index in [2.05, 4.69) is 30.2 Å². The molecule has 1 aromatic rings. The molecule has 4 nitrogen and oxygen atoms in total. The zero-order valence-corrected chi connectivity index (χ0v) is 11.5. The van der Waals surface area contributed by atoms with Gasteiger partial charge in [-0.1, -0.05) is 13.0 Å². The molecule has 0 amide bonds. The van der Waals surface area contributed by atoms with E-state index in [4.69, 9.17) is 4.74 Å². The molecule has 3 atom stereocenters. The van der Waals surface area contributed by atoms with Crippen LogP contribution >= 0.6 is 11.3 Å². The summed E-state index contributed by atoms with van der Waals surface area (Å²) < 4.78 is 5.36. The monoisotopic (exact) mass is 269 g/mol. The van der Waals surface area contributed by atoms with Crippen LogP contribution in [0.4, 0.5) is 0 Å². The minimum Gasteiger partial charge on any atom is -0.481 e. The van der Waals surface area contributed by atoms with Crippen molar-refractivity contribution in [3.63, 3.8) is 0 Å². The molecule has 2 rings (SSSR count). The first kappa shape index (κ1) is 13.5. The van der Waals surface area contributed by atoms with Crippen molar-refractivity contribution < 1.29 is 14.6 Å². The third-order valence-corrected chi connectivity index (χ3v) is 4.65. The molecule has 1 aliphatic rings. The van der Waals surface area contributed by atoms with Crippen molar-refractivity contribution in [1.29, 1.82) is 0 Å². The highest BCUT2D eigenvalue weighted by Crippen LogP contribution is 2.30. The molecule has 0 radical (unpaired) electrons. The molecule has 2 heterocycles. The average molecular weight is 269 g/mol. The Morgan fingerprint density at radius 2 is 2.44 bits per heavy atom. The lowest BCUT2D eigenvalue weighted by molar-refractivity contribution is -0.143. The zero-order chi connectivity index (χ0) is 13.1. The fourth-order valence-electron chi connectivity index (χ4n) is 2.59. The summed E-state index contributed by atoms with van der Waals surface area (Å²) in [5.41, 5.74) is 0. The van der Waals surface area contributed by atoms with Crippen LogP contribution in [0, 0.1) is 5.92 Å². The molecule has 5 heteroatoms. The van der Waals surface area contributed by atoms with E-state index in [1.165, 1.54) is 4.88 Å². The summed E-state index contributed by atoms with van der Waals surface area (Å²) in [5.74, 6) is -1.17. The third kappa shape index (κ3) is 2.58. The number of aliphatic carboxylic acids is 1. The van der Waals surface area contributed by atoms with E-state index in [0.29, 0.717) is 13.2 Å². The molecule has 0 aromatic carbocycles. The molecule has 3 unspecified atom stereocenters. The Balaban J connectivity index is 2.15. The number of nitrogens with zero attached hydrogens (tertiary/aromatic N) is 1. The quantitative estimate of drug-likeness (QED) is 0.890. The first-order valence-corrected chi connectivity index (χ1v) is 7.12. The number of carboxylic acids is 1. The number of likely N-dealkylation sites (N-methyl/N-ethyl adjacent to an activating group) is 1. The standard InChI is InChI=1S/C13H19NO3S/c1-3-14(9(2)12-5-4-6-18-12)11-8-17-7-10(11)13(15)16/h4-6,9-11H,3,7-8H2,1-2H3,(H,15,16). The minimum absolute atomic E-state index is 0.0235. The van der Waals surface area contributed by atoms with Crippen LogP contribution in [0.15, 0.2) is 17.5 Å². The van der Waals surface area contributed by atoms with Crippen LogP contribution in [0.2, 0.25) is 0 Å². The fourth-order valence-corrected chi connectivity index (χ4v) is 3.40. The van der Waals surface area contributed by atoms with Gasteiger partial charge in [-0.05, 0) is 24.9 Å². The highest BCUT2D eigenvalue weighted by atomic mass is 32.1. The van der Waals surface area contributed by atoms with E-state index in [0.717, 1.165) is 6.54 Å². The minimum atomic E-state index is -0.755. The highest BCUT2D eigenvalue weighted by molar-refractivity contribution is 7.10. The summed E-state index contributed by atoms with van der Waals surface area (Å²) >= 11 is 1.71. The normalized spacial score (nSPS) is 25.5. The second-order valence-electron chi connectivity index (χ2n) is 4.57. The number of rotatable bonds is 5. The van der Waals surface area contributed by atoms with Crippen LogP contribution < -0.4 is 0 Å². The Labute approximate surface area is 111 Å². The van der Waals surface area contributed by atoms with Crippen molar-refractivity contribution >= 4 is 17.3 Å². The van der Waals surface area contributed by atoms with Gasteiger partial charge in [0.05, 0.1) is 19.1 Å². The first-order chi connectivity index (χ1) is 8.65. The van der Waals surface area contributed by atoms with Crippen molar-refractivity contribution in [1.82, 2.24) is 4.90 Å². The molecule has 100 valence electrons. The Morgan fingerprint density at radius 1 is 1.67 bits per heavy atom. The topological polar surface area (TPSA) is 49.8 Å². The molecule has 1 aliphatic heterocycles. The Hall–Kier alpha value is -0.910. The summed E-state index contributed by atoms with van der Waals surface area (Å²) in [6.07, 6.45) is 0. The summed E-state index contributed by atoms with van der Waals surface area (Å²) in [5, 5.41) is 11.3. The molecular weight excluding hydrogens is 250 g/mol. The second kappa shape index (κ2) is 5.82. The summed E-state index contributed by atoms with van der Waals surface area (Å²) in [6.45, 7) is 5.87. The molecule has 1 saturated heterocycles. The van der Waals surface area contributed by atoms with Crippen molar-refractivity contribution in [3.05, 3.63) is 22.4 Å². The predicted octanol–water partition coefficient (Wildman–Crippen LogP) is 2.23. The lowest BCUT2D eigenvalue weighted by Gasteiger charge is -2.34. The summed E-state index contributed by atoms with van der Waals surface area (Å²) in [4.78, 5) is 14.7. The summed E-state index contributed by atoms with van der Waals surface area (Å²) in [6, 6.07) is 4.35. The molecular formula is C13H19NO3S. The van der Waals surface area contributed by atoms with E-state index in [1.807, 2.05) is 6.07 Å². The van der Waals surface area contributed by atoms with Gasteiger partial charge in [-0.3, -0.25) is 9.69 Å². The Bertz CT molecular complexity index is 393. The van der Waals surface area contributed by atoms with Crippen LogP contribution in [0.25, 0.3) is 0 Å². The van der Waals surface area contributed by atoms with E-state index in [-0.39, 0.29) is 12.1 Å². The maximum atomic E-state index is 11.2. The van der Waals surface area contributed by atoms with E-state index in [9.17, 15) is 9.90 Å². The second-order valence-corrected chi connectivity index (χ2v) is 5.55. The van der Waals surface area contributed by atoms with Gasteiger partial charge in [0.1, 0.15) is 0 Å². The van der Waals surface area contributed by atoms with Crippen LogP contribution in [0.5, 0.6) is 0 Å². The smallest absolute Gasteiger partial charge is 0.310 e. The van der Waals surface area contributed by atoms with Crippen molar-refractivity contribution in [2.75, 3.05) is 19.8 Å². The van der Waals surface area contributed by atoms with Crippen LogP contribution in [0.3, 0.4) is 0 Å². The maximum Gasteiger partial charge on any atom is 0.310 e. The molecule has 1 fully saturated rings. The third-order valence-electron chi connectivity index (χ3n) is 3.61. The maximum absolute atomic E-state index is 11.2. The van der Waals surface area contributed by atoms with E-state index < -0.39 is 11.9 Å². The van der Waals surface area contributed by atoms with Gasteiger partial charge in [-0.25, -0.2) is 0 Å². The van der Waals surface area contributed by atoms with E-state index in [1.54, 1.807) is 11.3 Å². The fraction of sp³-hybridized carbons (Fsp3) is 0.615.